The molecule has 0 unspecified atom stereocenters. The first-order valence-corrected chi connectivity index (χ1v) is 7.52. The molecule has 0 saturated heterocycles. The Balaban J connectivity index is 1.73. The number of fused-ring (bicyclic) bond motifs is 1. The van der Waals surface area contributed by atoms with Gasteiger partial charge in [0.05, 0.1) is 16.6 Å². The minimum Gasteiger partial charge on any atom is -0.299 e. The number of hydrogen-bond acceptors (Lipinski definition) is 3. The number of nitrogens with zero attached hydrogens (tertiary/aromatic N) is 1. The number of para-hydroxylation sites is 1. The van der Waals surface area contributed by atoms with Gasteiger partial charge in [-0.25, -0.2) is 4.98 Å². The zero-order valence-electron chi connectivity index (χ0n) is 10.4. The first-order chi connectivity index (χ1) is 8.83. The third-order valence-corrected chi connectivity index (χ3v) is 4.76. The van der Waals surface area contributed by atoms with Gasteiger partial charge in [0, 0.05) is 5.92 Å². The summed E-state index contributed by atoms with van der Waals surface area (Å²) in [6, 6.07) is 8.10. The van der Waals surface area contributed by atoms with E-state index in [4.69, 9.17) is 0 Å². The second kappa shape index (κ2) is 5.19. The second-order valence-electron chi connectivity index (χ2n) is 5.05. The van der Waals surface area contributed by atoms with E-state index in [-0.39, 0.29) is 0 Å². The minimum absolute atomic E-state index is 0.297. The van der Waals surface area contributed by atoms with E-state index in [1.165, 1.54) is 24.0 Å². The molecule has 2 nitrogen and oxygen atoms in total. The average molecular weight is 259 g/mol. The van der Waals surface area contributed by atoms with Crippen LogP contribution in [0.4, 0.5) is 0 Å². The van der Waals surface area contributed by atoms with Crippen LogP contribution in [-0.2, 0) is 11.2 Å². The van der Waals surface area contributed by atoms with Crippen molar-refractivity contribution < 1.29 is 4.79 Å². The number of hydrogen-bond donors (Lipinski definition) is 0. The van der Waals surface area contributed by atoms with Gasteiger partial charge in [0.15, 0.2) is 0 Å². The Morgan fingerprint density at radius 3 is 2.78 bits per heavy atom. The van der Waals surface area contributed by atoms with Crippen LogP contribution in [-0.4, -0.2) is 10.8 Å². The van der Waals surface area contributed by atoms with Crippen molar-refractivity contribution in [3.63, 3.8) is 0 Å². The zero-order valence-corrected chi connectivity index (χ0v) is 11.2. The van der Waals surface area contributed by atoms with E-state index >= 15 is 0 Å². The molecule has 0 aliphatic heterocycles. The summed E-state index contributed by atoms with van der Waals surface area (Å²) in [7, 11) is 0. The summed E-state index contributed by atoms with van der Waals surface area (Å²) in [5, 5.41) is 0.978. The largest absolute Gasteiger partial charge is 0.299 e. The Bertz CT molecular complexity index is 521. The number of thiazole rings is 1. The molecule has 1 heterocycles. The van der Waals surface area contributed by atoms with Gasteiger partial charge in [-0.1, -0.05) is 31.4 Å². The summed E-state index contributed by atoms with van der Waals surface area (Å²) in [5.41, 5.74) is 1.02. The molecule has 1 aromatic carbocycles. The molecular formula is C15H17NOS. The van der Waals surface area contributed by atoms with Gasteiger partial charge in [0.2, 0.25) is 0 Å². The quantitative estimate of drug-likeness (QED) is 0.834. The van der Waals surface area contributed by atoms with Crippen molar-refractivity contribution in [1.82, 2.24) is 4.98 Å². The van der Waals surface area contributed by atoms with E-state index in [1.807, 2.05) is 18.2 Å². The van der Waals surface area contributed by atoms with Crippen molar-refractivity contribution in [1.29, 1.82) is 0 Å². The first-order valence-electron chi connectivity index (χ1n) is 6.70. The molecule has 0 N–H and O–H groups in total. The molecule has 1 aliphatic carbocycles. The molecule has 18 heavy (non-hydrogen) atoms. The summed E-state index contributed by atoms with van der Waals surface area (Å²) < 4.78 is 1.18. The van der Waals surface area contributed by atoms with Gasteiger partial charge in [0.1, 0.15) is 10.8 Å². The standard InChI is InChI=1S/C15H17NOS/c17-13(11-6-2-1-3-7-11)10-15-16-12-8-4-5-9-14(12)18-15/h4-5,8-9,11H,1-3,6-7,10H2. The van der Waals surface area contributed by atoms with E-state index < -0.39 is 0 Å². The lowest BCUT2D eigenvalue weighted by Gasteiger charge is -2.19. The van der Waals surface area contributed by atoms with Gasteiger partial charge in [-0.15, -0.1) is 11.3 Å². The van der Waals surface area contributed by atoms with Gasteiger partial charge in [0.25, 0.3) is 0 Å². The van der Waals surface area contributed by atoms with Crippen molar-refractivity contribution in [3.8, 4) is 0 Å². The van der Waals surface area contributed by atoms with Crippen molar-refractivity contribution in [3.05, 3.63) is 29.3 Å². The topological polar surface area (TPSA) is 30.0 Å². The Morgan fingerprint density at radius 1 is 1.22 bits per heavy atom. The molecule has 1 fully saturated rings. The van der Waals surface area contributed by atoms with Crippen LogP contribution in [0.1, 0.15) is 37.1 Å². The van der Waals surface area contributed by atoms with E-state index in [2.05, 4.69) is 11.1 Å². The highest BCUT2D eigenvalue weighted by Gasteiger charge is 2.22. The Morgan fingerprint density at radius 2 is 2.00 bits per heavy atom. The summed E-state index contributed by atoms with van der Waals surface area (Å²) >= 11 is 1.66. The first kappa shape index (κ1) is 11.8. The van der Waals surface area contributed by atoms with Crippen LogP contribution in [0, 0.1) is 5.92 Å². The summed E-state index contributed by atoms with van der Waals surface area (Å²) in [4.78, 5) is 16.8. The predicted molar refractivity (Wildman–Crippen MR) is 74.9 cm³/mol. The highest BCUT2D eigenvalue weighted by molar-refractivity contribution is 7.18. The lowest BCUT2D eigenvalue weighted by Crippen LogP contribution is -2.19. The van der Waals surface area contributed by atoms with E-state index in [0.717, 1.165) is 23.4 Å². The maximum absolute atomic E-state index is 12.2. The summed E-state index contributed by atoms with van der Waals surface area (Å²) in [6.07, 6.45) is 6.44. The molecule has 2 aromatic rings. The number of benzene rings is 1. The number of Topliss-reactive ketones (excluding diaryl/α,β-unsaturated/α-hetero) is 1. The van der Waals surface area contributed by atoms with Gasteiger partial charge in [-0.05, 0) is 25.0 Å². The molecule has 0 atom stereocenters. The average Bonchev–Trinajstić information content (AvgIpc) is 2.82. The third kappa shape index (κ3) is 2.46. The molecule has 3 rings (SSSR count). The Labute approximate surface area is 111 Å². The Hall–Kier alpha value is -1.22. The number of ketones is 1. The molecule has 0 spiro atoms. The van der Waals surface area contributed by atoms with Crippen LogP contribution in [0.5, 0.6) is 0 Å². The number of carbonyl (C=O) groups is 1. The number of rotatable bonds is 3. The number of aromatic nitrogens is 1. The van der Waals surface area contributed by atoms with Crippen LogP contribution in [0.15, 0.2) is 24.3 Å². The van der Waals surface area contributed by atoms with Crippen LogP contribution in [0.3, 0.4) is 0 Å². The molecule has 1 saturated carbocycles. The monoisotopic (exact) mass is 259 g/mol. The fourth-order valence-electron chi connectivity index (χ4n) is 2.71. The van der Waals surface area contributed by atoms with E-state index in [1.54, 1.807) is 11.3 Å². The highest BCUT2D eigenvalue weighted by atomic mass is 32.1. The smallest absolute Gasteiger partial charge is 0.142 e. The van der Waals surface area contributed by atoms with Gasteiger partial charge < -0.3 is 0 Å². The molecule has 94 valence electrons. The van der Waals surface area contributed by atoms with Crippen LogP contribution >= 0.6 is 11.3 Å². The molecule has 0 bridgehead atoms. The Kier molecular flexibility index (Phi) is 3.41. The predicted octanol–water partition coefficient (Wildman–Crippen LogP) is 3.99. The highest BCUT2D eigenvalue weighted by Crippen LogP contribution is 2.27. The molecular weight excluding hydrogens is 242 g/mol. The summed E-state index contributed by atoms with van der Waals surface area (Å²) in [6.45, 7) is 0. The molecule has 0 amide bonds. The van der Waals surface area contributed by atoms with E-state index in [9.17, 15) is 4.79 Å². The van der Waals surface area contributed by atoms with Crippen molar-refractivity contribution in [2.75, 3.05) is 0 Å². The second-order valence-corrected chi connectivity index (χ2v) is 6.17. The van der Waals surface area contributed by atoms with Gasteiger partial charge in [-0.3, -0.25) is 4.79 Å². The maximum Gasteiger partial charge on any atom is 0.142 e. The van der Waals surface area contributed by atoms with Crippen molar-refractivity contribution in [2.45, 2.75) is 38.5 Å². The van der Waals surface area contributed by atoms with Crippen molar-refractivity contribution >= 4 is 27.3 Å². The molecule has 1 aromatic heterocycles. The molecule has 3 heteroatoms. The number of carbonyl (C=O) groups excluding carboxylic acids is 1. The van der Waals surface area contributed by atoms with Gasteiger partial charge >= 0.3 is 0 Å². The van der Waals surface area contributed by atoms with Crippen LogP contribution in [0.25, 0.3) is 10.2 Å². The SMILES string of the molecule is O=C(Cc1nc2ccccc2s1)C1CCCCC1. The van der Waals surface area contributed by atoms with Crippen LogP contribution in [0.2, 0.25) is 0 Å². The van der Waals surface area contributed by atoms with E-state index in [0.29, 0.717) is 18.1 Å². The third-order valence-electron chi connectivity index (χ3n) is 3.72. The lowest BCUT2D eigenvalue weighted by atomic mass is 9.85. The van der Waals surface area contributed by atoms with Gasteiger partial charge in [-0.2, -0.15) is 0 Å². The fraction of sp³-hybridized carbons (Fsp3) is 0.467. The molecule has 0 radical (unpaired) electrons. The maximum atomic E-state index is 12.2. The fourth-order valence-corrected chi connectivity index (χ4v) is 3.69. The summed E-state index contributed by atoms with van der Waals surface area (Å²) in [5.74, 6) is 0.694. The lowest BCUT2D eigenvalue weighted by molar-refractivity contribution is -0.123. The zero-order chi connectivity index (χ0) is 12.4. The van der Waals surface area contributed by atoms with Crippen LogP contribution < -0.4 is 0 Å². The normalized spacial score (nSPS) is 17.1. The minimum atomic E-state index is 0.297. The molecule has 1 aliphatic rings. The van der Waals surface area contributed by atoms with Crippen molar-refractivity contribution in [2.24, 2.45) is 5.92 Å².